The molecule has 1 aliphatic heterocycles. The fraction of sp³-hybridized carbons (Fsp3) is 0.259. The number of nitrogens with one attached hydrogen (secondary N) is 1. The average Bonchev–Trinajstić information content (AvgIpc) is 3.24. The highest BCUT2D eigenvalue weighted by Crippen LogP contribution is 2.38. The Morgan fingerprint density at radius 1 is 1.03 bits per heavy atom. The van der Waals surface area contributed by atoms with E-state index in [1.807, 2.05) is 53.4 Å². The van der Waals surface area contributed by atoms with Gasteiger partial charge in [-0.05, 0) is 41.3 Å². The predicted octanol–water partition coefficient (Wildman–Crippen LogP) is 5.31. The molecule has 0 aliphatic carbocycles. The standard InChI is InChI=1S/C27H27FN2O2S2/c28-24-9-5-4-8-23(24)18-33-17-15-29-26(32)21-10-12-22(13-11-21)27-30(25(31)19-34-27)16-14-20-6-2-1-3-7-20/h1-13,27H,14-19H2,(H,29,32). The summed E-state index contributed by atoms with van der Waals surface area (Å²) in [6.45, 7) is 1.19. The average molecular weight is 495 g/mol. The van der Waals surface area contributed by atoms with E-state index >= 15 is 0 Å². The highest BCUT2D eigenvalue weighted by atomic mass is 32.2. The first-order valence-corrected chi connectivity index (χ1v) is 13.5. The first-order valence-electron chi connectivity index (χ1n) is 11.3. The molecule has 0 bridgehead atoms. The molecule has 0 radical (unpaired) electrons. The first-order chi connectivity index (χ1) is 16.6. The number of benzene rings is 3. The van der Waals surface area contributed by atoms with Crippen LogP contribution in [-0.2, 0) is 17.0 Å². The lowest BCUT2D eigenvalue weighted by Gasteiger charge is -2.24. The van der Waals surface area contributed by atoms with Crippen LogP contribution in [0, 0.1) is 5.82 Å². The van der Waals surface area contributed by atoms with Gasteiger partial charge in [0.1, 0.15) is 11.2 Å². The molecule has 1 atom stereocenters. The van der Waals surface area contributed by atoms with Gasteiger partial charge in [-0.25, -0.2) is 4.39 Å². The molecular weight excluding hydrogens is 467 g/mol. The number of nitrogens with zero attached hydrogens (tertiary/aromatic N) is 1. The molecule has 0 saturated carbocycles. The number of carbonyl (C=O) groups excluding carboxylic acids is 2. The van der Waals surface area contributed by atoms with Crippen LogP contribution < -0.4 is 5.32 Å². The topological polar surface area (TPSA) is 49.4 Å². The van der Waals surface area contributed by atoms with Crippen molar-refractivity contribution >= 4 is 35.3 Å². The van der Waals surface area contributed by atoms with Gasteiger partial charge in [0.2, 0.25) is 5.91 Å². The Morgan fingerprint density at radius 3 is 2.53 bits per heavy atom. The molecule has 1 fully saturated rings. The molecule has 1 aliphatic rings. The van der Waals surface area contributed by atoms with Crippen LogP contribution in [0.25, 0.3) is 0 Å². The van der Waals surface area contributed by atoms with Gasteiger partial charge in [0.25, 0.3) is 5.91 Å². The van der Waals surface area contributed by atoms with Crippen molar-refractivity contribution in [3.05, 3.63) is 107 Å². The Labute approximate surface area is 208 Å². The summed E-state index contributed by atoms with van der Waals surface area (Å²) in [7, 11) is 0. The summed E-state index contributed by atoms with van der Waals surface area (Å²) in [6, 6.07) is 24.4. The summed E-state index contributed by atoms with van der Waals surface area (Å²) < 4.78 is 13.7. The van der Waals surface area contributed by atoms with E-state index in [1.165, 1.54) is 11.6 Å². The second-order valence-corrected chi connectivity index (χ2v) is 10.2. The van der Waals surface area contributed by atoms with E-state index in [2.05, 4.69) is 17.4 Å². The van der Waals surface area contributed by atoms with Gasteiger partial charge in [0.15, 0.2) is 0 Å². The van der Waals surface area contributed by atoms with Crippen molar-refractivity contribution in [2.75, 3.05) is 24.6 Å². The van der Waals surface area contributed by atoms with Gasteiger partial charge >= 0.3 is 0 Å². The van der Waals surface area contributed by atoms with Crippen molar-refractivity contribution in [2.45, 2.75) is 17.5 Å². The van der Waals surface area contributed by atoms with E-state index in [9.17, 15) is 14.0 Å². The van der Waals surface area contributed by atoms with Crippen molar-refractivity contribution in [1.29, 1.82) is 0 Å². The number of halogens is 1. The van der Waals surface area contributed by atoms with Crippen LogP contribution in [-0.4, -0.2) is 41.3 Å². The Hall–Kier alpha value is -2.77. The summed E-state index contributed by atoms with van der Waals surface area (Å²) in [5, 5.41) is 2.89. The predicted molar refractivity (Wildman–Crippen MR) is 138 cm³/mol. The maximum atomic E-state index is 13.7. The summed E-state index contributed by atoms with van der Waals surface area (Å²) in [5.74, 6) is 1.59. The largest absolute Gasteiger partial charge is 0.351 e. The zero-order chi connectivity index (χ0) is 23.8. The van der Waals surface area contributed by atoms with Crippen LogP contribution in [0.15, 0.2) is 78.9 Å². The lowest BCUT2D eigenvalue weighted by molar-refractivity contribution is -0.128. The highest BCUT2D eigenvalue weighted by molar-refractivity contribution is 8.00. The second-order valence-electron chi connectivity index (χ2n) is 8.01. The minimum atomic E-state index is -0.195. The van der Waals surface area contributed by atoms with Crippen LogP contribution in [0.4, 0.5) is 4.39 Å². The van der Waals surface area contributed by atoms with Crippen LogP contribution in [0.3, 0.4) is 0 Å². The molecule has 34 heavy (non-hydrogen) atoms. The highest BCUT2D eigenvalue weighted by Gasteiger charge is 2.32. The number of amides is 2. The number of carbonyl (C=O) groups is 2. The summed E-state index contributed by atoms with van der Waals surface area (Å²) in [6.07, 6.45) is 0.819. The molecule has 2 amide bonds. The quantitative estimate of drug-likeness (QED) is 0.388. The summed E-state index contributed by atoms with van der Waals surface area (Å²) in [4.78, 5) is 26.9. The third kappa shape index (κ3) is 6.42. The fourth-order valence-electron chi connectivity index (χ4n) is 3.80. The molecule has 1 unspecified atom stereocenters. The third-order valence-electron chi connectivity index (χ3n) is 5.66. The molecule has 0 aromatic heterocycles. The Morgan fingerprint density at radius 2 is 1.76 bits per heavy atom. The van der Waals surface area contributed by atoms with E-state index in [4.69, 9.17) is 0 Å². The molecule has 1 heterocycles. The van der Waals surface area contributed by atoms with Crippen LogP contribution in [0.2, 0.25) is 0 Å². The van der Waals surface area contributed by atoms with Gasteiger partial charge in [-0.1, -0.05) is 60.7 Å². The lowest BCUT2D eigenvalue weighted by atomic mass is 10.1. The van der Waals surface area contributed by atoms with Gasteiger partial charge in [0.05, 0.1) is 5.75 Å². The molecule has 0 spiro atoms. The van der Waals surface area contributed by atoms with Gasteiger partial charge in [-0.15, -0.1) is 11.8 Å². The zero-order valence-corrected chi connectivity index (χ0v) is 20.4. The molecule has 1 N–H and O–H groups in total. The molecule has 7 heteroatoms. The molecular formula is C27H27FN2O2S2. The number of hydrogen-bond donors (Lipinski definition) is 1. The van der Waals surface area contributed by atoms with E-state index in [0.29, 0.717) is 41.5 Å². The first kappa shape index (κ1) is 24.4. The Bertz CT molecular complexity index is 1110. The monoisotopic (exact) mass is 494 g/mol. The van der Waals surface area contributed by atoms with Crippen molar-refractivity contribution in [3.63, 3.8) is 0 Å². The molecule has 176 valence electrons. The van der Waals surface area contributed by atoms with E-state index in [-0.39, 0.29) is 23.0 Å². The number of thioether (sulfide) groups is 2. The lowest BCUT2D eigenvalue weighted by Crippen LogP contribution is -2.30. The van der Waals surface area contributed by atoms with Gasteiger partial charge in [0, 0.05) is 30.2 Å². The number of hydrogen-bond acceptors (Lipinski definition) is 4. The van der Waals surface area contributed by atoms with Crippen molar-refractivity contribution in [3.8, 4) is 0 Å². The SMILES string of the molecule is O=C(NCCSCc1ccccc1F)c1ccc(C2SCC(=O)N2CCc2ccccc2)cc1. The molecule has 3 aromatic carbocycles. The van der Waals surface area contributed by atoms with E-state index in [1.54, 1.807) is 35.7 Å². The molecule has 3 aromatic rings. The van der Waals surface area contributed by atoms with Gasteiger partial charge in [-0.3, -0.25) is 9.59 Å². The normalized spacial score (nSPS) is 15.5. The van der Waals surface area contributed by atoms with Crippen molar-refractivity contribution in [1.82, 2.24) is 10.2 Å². The van der Waals surface area contributed by atoms with Crippen LogP contribution >= 0.6 is 23.5 Å². The Balaban J connectivity index is 1.25. The second kappa shape index (κ2) is 12.1. The summed E-state index contributed by atoms with van der Waals surface area (Å²) in [5.41, 5.74) is 3.51. The summed E-state index contributed by atoms with van der Waals surface area (Å²) >= 11 is 3.21. The maximum Gasteiger partial charge on any atom is 0.251 e. The van der Waals surface area contributed by atoms with Crippen LogP contribution in [0.1, 0.15) is 32.4 Å². The minimum Gasteiger partial charge on any atom is -0.351 e. The van der Waals surface area contributed by atoms with Gasteiger partial charge in [-0.2, -0.15) is 11.8 Å². The molecule has 4 rings (SSSR count). The van der Waals surface area contributed by atoms with Crippen LogP contribution in [0.5, 0.6) is 0 Å². The maximum absolute atomic E-state index is 13.7. The number of rotatable bonds is 10. The Kier molecular flexibility index (Phi) is 8.66. The fourth-order valence-corrected chi connectivity index (χ4v) is 5.87. The van der Waals surface area contributed by atoms with E-state index in [0.717, 1.165) is 12.0 Å². The minimum absolute atomic E-state index is 0.0249. The third-order valence-corrected chi connectivity index (χ3v) is 7.92. The van der Waals surface area contributed by atoms with Crippen molar-refractivity contribution < 1.29 is 14.0 Å². The van der Waals surface area contributed by atoms with Gasteiger partial charge < -0.3 is 10.2 Å². The van der Waals surface area contributed by atoms with E-state index < -0.39 is 0 Å². The van der Waals surface area contributed by atoms with Crippen molar-refractivity contribution in [2.24, 2.45) is 0 Å². The zero-order valence-electron chi connectivity index (χ0n) is 18.8. The smallest absolute Gasteiger partial charge is 0.251 e. The molecule has 4 nitrogen and oxygen atoms in total. The molecule has 1 saturated heterocycles.